The highest BCUT2D eigenvalue weighted by Gasteiger charge is 2.15. The highest BCUT2D eigenvalue weighted by Crippen LogP contribution is 2.24. The van der Waals surface area contributed by atoms with Gasteiger partial charge in [-0.05, 0) is 41.5 Å². The number of benzene rings is 3. The molecule has 3 rings (SSSR count). The number of non-ortho nitro benzene ring substituents is 1. The summed E-state index contributed by atoms with van der Waals surface area (Å²) >= 11 is 11.9. The number of allylic oxidation sites excluding steroid dienone is 1. The van der Waals surface area contributed by atoms with Crippen LogP contribution in [0, 0.1) is 21.4 Å². The van der Waals surface area contributed by atoms with Crippen LogP contribution >= 0.6 is 23.2 Å². The molecule has 0 saturated heterocycles. The van der Waals surface area contributed by atoms with Crippen molar-refractivity contribution in [2.45, 2.75) is 6.61 Å². The number of nitro groups is 1. The normalized spacial score (nSPS) is 10.9. The molecule has 0 bridgehead atoms. The first-order valence-electron chi connectivity index (χ1n) is 8.95. The second-order valence-corrected chi connectivity index (χ2v) is 7.23. The van der Waals surface area contributed by atoms with Gasteiger partial charge in [0.15, 0.2) is 0 Å². The Morgan fingerprint density at radius 3 is 2.45 bits per heavy atom. The van der Waals surface area contributed by atoms with Crippen LogP contribution in [0.15, 0.2) is 72.3 Å². The quantitative estimate of drug-likeness (QED) is 0.138. The zero-order chi connectivity index (χ0) is 22.4. The summed E-state index contributed by atoms with van der Waals surface area (Å²) in [4.78, 5) is 22.9. The number of carbonyl (C=O) groups is 1. The fraction of sp³-hybridized carbons (Fsp3) is 0.0435. The van der Waals surface area contributed by atoms with Gasteiger partial charge in [-0.25, -0.2) is 0 Å². The van der Waals surface area contributed by atoms with Gasteiger partial charge in [0.1, 0.15) is 24.0 Å². The van der Waals surface area contributed by atoms with Gasteiger partial charge in [-0.15, -0.1) is 0 Å². The van der Waals surface area contributed by atoms with Crippen LogP contribution in [0.4, 0.5) is 5.69 Å². The molecule has 31 heavy (non-hydrogen) atoms. The van der Waals surface area contributed by atoms with Gasteiger partial charge in [-0.2, -0.15) is 5.26 Å². The maximum absolute atomic E-state index is 12.6. The van der Waals surface area contributed by atoms with E-state index < -0.39 is 10.7 Å². The first kappa shape index (κ1) is 22.0. The molecule has 0 aliphatic rings. The van der Waals surface area contributed by atoms with Crippen molar-refractivity contribution in [2.75, 3.05) is 0 Å². The van der Waals surface area contributed by atoms with Crippen LogP contribution in [0.5, 0.6) is 5.75 Å². The number of rotatable bonds is 7. The standard InChI is InChI=1S/C23H14Cl2N2O4/c24-21-9-6-16(11-22(21)25)14-31-20-7-4-15(5-8-20)10-18(13-26)23(28)17-2-1-3-19(12-17)27(29)30/h1-12H,14H2/b18-10+. The Bertz CT molecular complexity index is 1210. The lowest BCUT2D eigenvalue weighted by atomic mass is 10.0. The number of nitriles is 1. The first-order chi connectivity index (χ1) is 14.9. The van der Waals surface area contributed by atoms with Crippen molar-refractivity contribution in [1.82, 2.24) is 0 Å². The second kappa shape index (κ2) is 9.90. The van der Waals surface area contributed by atoms with Crippen LogP contribution in [-0.4, -0.2) is 10.7 Å². The lowest BCUT2D eigenvalue weighted by Crippen LogP contribution is -2.02. The smallest absolute Gasteiger partial charge is 0.270 e. The summed E-state index contributed by atoms with van der Waals surface area (Å²) in [7, 11) is 0. The van der Waals surface area contributed by atoms with Crippen molar-refractivity contribution >= 4 is 40.7 Å². The number of nitro benzene ring substituents is 1. The third-order valence-electron chi connectivity index (χ3n) is 4.26. The molecular weight excluding hydrogens is 439 g/mol. The van der Waals surface area contributed by atoms with Gasteiger partial charge in [0.25, 0.3) is 5.69 Å². The van der Waals surface area contributed by atoms with E-state index in [1.807, 2.05) is 12.1 Å². The molecule has 0 N–H and O–H groups in total. The van der Waals surface area contributed by atoms with Crippen molar-refractivity contribution in [3.8, 4) is 11.8 Å². The highest BCUT2D eigenvalue weighted by atomic mass is 35.5. The third kappa shape index (κ3) is 5.70. The number of Topliss-reactive ketones (excluding diaryl/α,β-unsaturated/α-hetero) is 1. The van der Waals surface area contributed by atoms with Gasteiger partial charge in [0.05, 0.1) is 15.0 Å². The predicted octanol–water partition coefficient (Wildman–Crippen LogP) is 6.27. The van der Waals surface area contributed by atoms with Gasteiger partial charge < -0.3 is 4.74 Å². The van der Waals surface area contributed by atoms with Crippen molar-refractivity contribution in [2.24, 2.45) is 0 Å². The summed E-state index contributed by atoms with van der Waals surface area (Å²) in [5.41, 5.74) is 1.19. The second-order valence-electron chi connectivity index (χ2n) is 6.41. The SMILES string of the molecule is N#C/C(=C\c1ccc(OCc2ccc(Cl)c(Cl)c2)cc1)C(=O)c1cccc([N+](=O)[O-])c1. The molecule has 0 fully saturated rings. The first-order valence-corrected chi connectivity index (χ1v) is 9.70. The van der Waals surface area contributed by atoms with Crippen LogP contribution in [0.25, 0.3) is 6.08 Å². The van der Waals surface area contributed by atoms with Gasteiger partial charge in [-0.3, -0.25) is 14.9 Å². The molecular formula is C23H14Cl2N2O4. The monoisotopic (exact) mass is 452 g/mol. The Balaban J connectivity index is 1.72. The van der Waals surface area contributed by atoms with Crippen molar-refractivity contribution < 1.29 is 14.5 Å². The van der Waals surface area contributed by atoms with Crippen LogP contribution < -0.4 is 4.74 Å². The fourth-order valence-electron chi connectivity index (χ4n) is 2.69. The number of hydrogen-bond donors (Lipinski definition) is 0. The van der Waals surface area contributed by atoms with E-state index in [9.17, 15) is 20.2 Å². The lowest BCUT2D eigenvalue weighted by Gasteiger charge is -2.07. The zero-order valence-corrected chi connectivity index (χ0v) is 17.4. The Morgan fingerprint density at radius 1 is 1.06 bits per heavy atom. The van der Waals surface area contributed by atoms with Crippen LogP contribution in [0.3, 0.4) is 0 Å². The third-order valence-corrected chi connectivity index (χ3v) is 5.00. The molecule has 0 unspecified atom stereocenters. The van der Waals surface area contributed by atoms with Crippen LogP contribution in [0.1, 0.15) is 21.5 Å². The fourth-order valence-corrected chi connectivity index (χ4v) is 3.01. The molecule has 0 spiro atoms. The van der Waals surface area contributed by atoms with E-state index in [1.165, 1.54) is 24.3 Å². The molecule has 0 atom stereocenters. The predicted molar refractivity (Wildman–Crippen MR) is 118 cm³/mol. The van der Waals surface area contributed by atoms with Crippen LogP contribution in [-0.2, 0) is 6.61 Å². The zero-order valence-electron chi connectivity index (χ0n) is 15.9. The largest absolute Gasteiger partial charge is 0.489 e. The van der Waals surface area contributed by atoms with E-state index in [0.717, 1.165) is 11.6 Å². The Labute approximate surface area is 188 Å². The van der Waals surface area contributed by atoms with Crippen molar-refractivity contribution in [3.05, 3.63) is 109 Å². The average Bonchev–Trinajstić information content (AvgIpc) is 2.78. The average molecular weight is 453 g/mol. The molecule has 0 aliphatic carbocycles. The molecule has 154 valence electrons. The van der Waals surface area contributed by atoms with E-state index in [0.29, 0.717) is 28.0 Å². The van der Waals surface area contributed by atoms with Crippen molar-refractivity contribution in [1.29, 1.82) is 5.26 Å². The van der Waals surface area contributed by atoms with E-state index in [-0.39, 0.29) is 16.8 Å². The van der Waals surface area contributed by atoms with Crippen LogP contribution in [0.2, 0.25) is 10.0 Å². The minimum absolute atomic E-state index is 0.0728. The minimum Gasteiger partial charge on any atom is -0.489 e. The van der Waals surface area contributed by atoms with Gasteiger partial charge >= 0.3 is 0 Å². The van der Waals surface area contributed by atoms with Crippen molar-refractivity contribution in [3.63, 3.8) is 0 Å². The number of ether oxygens (including phenoxy) is 1. The molecule has 0 aromatic heterocycles. The number of hydrogen-bond acceptors (Lipinski definition) is 5. The van der Waals surface area contributed by atoms with E-state index in [1.54, 1.807) is 36.4 Å². The summed E-state index contributed by atoms with van der Waals surface area (Å²) in [5, 5.41) is 21.2. The van der Waals surface area contributed by atoms with E-state index in [2.05, 4.69) is 0 Å². The maximum Gasteiger partial charge on any atom is 0.270 e. The highest BCUT2D eigenvalue weighted by molar-refractivity contribution is 6.42. The molecule has 3 aromatic carbocycles. The molecule has 0 saturated carbocycles. The summed E-state index contributed by atoms with van der Waals surface area (Å²) in [6, 6.07) is 19.1. The summed E-state index contributed by atoms with van der Waals surface area (Å²) < 4.78 is 5.71. The summed E-state index contributed by atoms with van der Waals surface area (Å²) in [6.07, 6.45) is 1.42. The molecule has 8 heteroatoms. The molecule has 0 radical (unpaired) electrons. The lowest BCUT2D eigenvalue weighted by molar-refractivity contribution is -0.384. The van der Waals surface area contributed by atoms with Gasteiger partial charge in [-0.1, -0.05) is 53.5 Å². The molecule has 6 nitrogen and oxygen atoms in total. The number of carbonyl (C=O) groups excluding carboxylic acids is 1. The van der Waals surface area contributed by atoms with E-state index in [4.69, 9.17) is 27.9 Å². The molecule has 0 heterocycles. The topological polar surface area (TPSA) is 93.2 Å². The summed E-state index contributed by atoms with van der Waals surface area (Å²) in [5.74, 6) is -0.00196. The van der Waals surface area contributed by atoms with E-state index >= 15 is 0 Å². The maximum atomic E-state index is 12.6. The van der Waals surface area contributed by atoms with Gasteiger partial charge in [0, 0.05) is 17.7 Å². The number of nitrogens with zero attached hydrogens (tertiary/aromatic N) is 2. The molecule has 0 aliphatic heterocycles. The Kier molecular flexibility index (Phi) is 7.03. The Morgan fingerprint density at radius 2 is 1.81 bits per heavy atom. The molecule has 0 amide bonds. The molecule has 3 aromatic rings. The summed E-state index contributed by atoms with van der Waals surface area (Å²) in [6.45, 7) is 0.292. The number of halogens is 2. The minimum atomic E-state index is -0.594. The number of ketones is 1. The van der Waals surface area contributed by atoms with Gasteiger partial charge in [0.2, 0.25) is 5.78 Å². The Hall–Kier alpha value is -3.66.